The predicted molar refractivity (Wildman–Crippen MR) is 118 cm³/mol. The molecule has 0 aliphatic carbocycles. The molecule has 3 rings (SSSR count). The zero-order chi connectivity index (χ0) is 21.5. The van der Waals surface area contributed by atoms with Gasteiger partial charge in [-0.15, -0.1) is 0 Å². The summed E-state index contributed by atoms with van der Waals surface area (Å²) >= 11 is 6.20. The molecule has 30 heavy (non-hydrogen) atoms. The smallest absolute Gasteiger partial charge is 0.220 e. The van der Waals surface area contributed by atoms with Crippen molar-refractivity contribution in [2.75, 3.05) is 27.7 Å². The van der Waals surface area contributed by atoms with Crippen molar-refractivity contribution in [1.29, 1.82) is 0 Å². The Balaban J connectivity index is 1.55. The second-order valence-corrected chi connectivity index (χ2v) is 7.57. The fourth-order valence-electron chi connectivity index (χ4n) is 3.18. The average Bonchev–Trinajstić information content (AvgIpc) is 3.21. The molecular formula is C23H26ClN3O3. The quantitative estimate of drug-likeness (QED) is 0.549. The van der Waals surface area contributed by atoms with Gasteiger partial charge in [0.05, 0.1) is 24.4 Å². The van der Waals surface area contributed by atoms with Gasteiger partial charge in [0, 0.05) is 24.9 Å². The lowest BCUT2D eigenvalue weighted by Gasteiger charge is -2.25. The highest BCUT2D eigenvalue weighted by Crippen LogP contribution is 2.28. The molecule has 0 spiro atoms. The third-order valence-electron chi connectivity index (χ3n) is 4.85. The number of aromatic nitrogens is 1. The Bertz CT molecular complexity index is 987. The van der Waals surface area contributed by atoms with E-state index in [-0.39, 0.29) is 11.9 Å². The number of nitrogens with one attached hydrogen (secondary N) is 1. The highest BCUT2D eigenvalue weighted by Gasteiger charge is 2.17. The van der Waals surface area contributed by atoms with E-state index in [0.717, 1.165) is 16.9 Å². The minimum atomic E-state index is -0.0535. The Morgan fingerprint density at radius 1 is 1.23 bits per heavy atom. The van der Waals surface area contributed by atoms with E-state index < -0.39 is 0 Å². The van der Waals surface area contributed by atoms with Crippen molar-refractivity contribution in [3.63, 3.8) is 0 Å². The number of hydrogen-bond donors (Lipinski definition) is 1. The average molecular weight is 428 g/mol. The van der Waals surface area contributed by atoms with Crippen molar-refractivity contribution in [3.05, 3.63) is 71.2 Å². The van der Waals surface area contributed by atoms with Crippen molar-refractivity contribution in [2.24, 2.45) is 0 Å². The highest BCUT2D eigenvalue weighted by atomic mass is 35.5. The van der Waals surface area contributed by atoms with Crippen LogP contribution < -0.4 is 10.1 Å². The lowest BCUT2D eigenvalue weighted by Crippen LogP contribution is -2.34. The van der Waals surface area contributed by atoms with Crippen LogP contribution in [0.15, 0.2) is 59.1 Å². The molecule has 1 amide bonds. The van der Waals surface area contributed by atoms with Crippen LogP contribution in [0, 0.1) is 0 Å². The van der Waals surface area contributed by atoms with E-state index in [1.807, 2.05) is 56.6 Å². The van der Waals surface area contributed by atoms with Gasteiger partial charge >= 0.3 is 0 Å². The molecule has 158 valence electrons. The van der Waals surface area contributed by atoms with Crippen LogP contribution >= 0.6 is 11.6 Å². The molecular weight excluding hydrogens is 402 g/mol. The topological polar surface area (TPSA) is 67.6 Å². The summed E-state index contributed by atoms with van der Waals surface area (Å²) in [6.45, 7) is 0.495. The summed E-state index contributed by atoms with van der Waals surface area (Å²) in [5, 5.41) is 3.61. The molecule has 6 nitrogen and oxygen atoms in total. The number of methoxy groups -OCH3 is 1. The van der Waals surface area contributed by atoms with E-state index in [2.05, 4.69) is 15.2 Å². The largest absolute Gasteiger partial charge is 0.497 e. The number of benzene rings is 2. The van der Waals surface area contributed by atoms with Gasteiger partial charge in [-0.2, -0.15) is 0 Å². The first-order valence-corrected chi connectivity index (χ1v) is 10.1. The van der Waals surface area contributed by atoms with Crippen LogP contribution in [-0.2, 0) is 11.2 Å². The Hall–Kier alpha value is -2.83. The van der Waals surface area contributed by atoms with Crippen LogP contribution in [0.1, 0.15) is 23.9 Å². The number of hydrogen-bond acceptors (Lipinski definition) is 5. The zero-order valence-corrected chi connectivity index (χ0v) is 18.1. The van der Waals surface area contributed by atoms with Crippen LogP contribution in [0.2, 0.25) is 5.02 Å². The monoisotopic (exact) mass is 427 g/mol. The van der Waals surface area contributed by atoms with Gasteiger partial charge in [0.1, 0.15) is 5.75 Å². The molecule has 0 bridgehead atoms. The van der Waals surface area contributed by atoms with Gasteiger partial charge in [-0.25, -0.2) is 4.98 Å². The normalized spacial score (nSPS) is 12.0. The SMILES string of the molecule is COc1cccc(C(CNC(=O)CCc2ncc(-c3ccccc3Cl)o2)N(C)C)c1. The molecule has 3 aromatic rings. The highest BCUT2D eigenvalue weighted by molar-refractivity contribution is 6.33. The third kappa shape index (κ3) is 5.62. The van der Waals surface area contributed by atoms with Crippen molar-refractivity contribution < 1.29 is 13.9 Å². The van der Waals surface area contributed by atoms with Crippen molar-refractivity contribution >= 4 is 17.5 Å². The van der Waals surface area contributed by atoms with Crippen molar-refractivity contribution in [2.45, 2.75) is 18.9 Å². The standard InChI is InChI=1S/C23H26ClN3O3/c1-27(2)20(16-7-6-8-17(13-16)29-3)14-25-22(28)11-12-23-26-15-21(30-23)18-9-4-5-10-19(18)24/h4-10,13,15,20H,11-12,14H2,1-3H3,(H,25,28). The van der Waals surface area contributed by atoms with Gasteiger partial charge in [0.25, 0.3) is 0 Å². The number of carbonyl (C=O) groups excluding carboxylic acids is 1. The number of aryl methyl sites for hydroxylation is 1. The summed E-state index contributed by atoms with van der Waals surface area (Å²) < 4.78 is 11.1. The van der Waals surface area contributed by atoms with Crippen LogP contribution in [0.25, 0.3) is 11.3 Å². The second kappa shape index (κ2) is 10.3. The summed E-state index contributed by atoms with van der Waals surface area (Å²) in [6, 6.07) is 15.3. The van der Waals surface area contributed by atoms with Gasteiger partial charge in [-0.05, 0) is 43.9 Å². The van der Waals surface area contributed by atoms with E-state index in [4.69, 9.17) is 20.8 Å². The number of likely N-dealkylation sites (N-methyl/N-ethyl adjacent to an activating group) is 1. The maximum atomic E-state index is 12.4. The van der Waals surface area contributed by atoms with Gasteiger partial charge in [-0.3, -0.25) is 4.79 Å². The van der Waals surface area contributed by atoms with E-state index in [0.29, 0.717) is 36.1 Å². The van der Waals surface area contributed by atoms with Gasteiger partial charge in [-0.1, -0.05) is 35.9 Å². The Kier molecular flexibility index (Phi) is 7.49. The van der Waals surface area contributed by atoms with Crippen molar-refractivity contribution in [1.82, 2.24) is 15.2 Å². The molecule has 1 N–H and O–H groups in total. The Labute approximate surface area is 181 Å². The Morgan fingerprint density at radius 3 is 2.77 bits per heavy atom. The van der Waals surface area contributed by atoms with E-state index >= 15 is 0 Å². The molecule has 2 aromatic carbocycles. The zero-order valence-electron chi connectivity index (χ0n) is 17.4. The first-order chi connectivity index (χ1) is 14.5. The number of rotatable bonds is 9. The maximum Gasteiger partial charge on any atom is 0.220 e. The molecule has 0 saturated carbocycles. The molecule has 0 radical (unpaired) electrons. The van der Waals surface area contributed by atoms with Gasteiger partial charge < -0.3 is 19.4 Å². The molecule has 0 aliphatic rings. The maximum absolute atomic E-state index is 12.4. The molecule has 1 heterocycles. The molecule has 0 saturated heterocycles. The molecule has 1 unspecified atom stereocenters. The fourth-order valence-corrected chi connectivity index (χ4v) is 3.41. The summed E-state index contributed by atoms with van der Waals surface area (Å²) in [5.41, 5.74) is 1.87. The first kappa shape index (κ1) is 21.9. The summed E-state index contributed by atoms with van der Waals surface area (Å²) in [5.74, 6) is 1.85. The lowest BCUT2D eigenvalue weighted by atomic mass is 10.1. The first-order valence-electron chi connectivity index (χ1n) is 9.74. The lowest BCUT2D eigenvalue weighted by molar-refractivity contribution is -0.121. The number of amides is 1. The van der Waals surface area contributed by atoms with Crippen LogP contribution in [0.3, 0.4) is 0 Å². The minimum absolute atomic E-state index is 0.0395. The number of ether oxygens (including phenoxy) is 1. The summed E-state index contributed by atoms with van der Waals surface area (Å²) in [6.07, 6.45) is 2.35. The molecule has 1 aromatic heterocycles. The Morgan fingerprint density at radius 2 is 2.03 bits per heavy atom. The van der Waals surface area contributed by atoms with Crippen LogP contribution in [0.5, 0.6) is 5.75 Å². The number of nitrogens with zero attached hydrogens (tertiary/aromatic N) is 2. The number of halogens is 1. The van der Waals surface area contributed by atoms with Gasteiger partial charge in [0.15, 0.2) is 11.7 Å². The van der Waals surface area contributed by atoms with E-state index in [1.54, 1.807) is 19.4 Å². The molecule has 0 aliphatic heterocycles. The van der Waals surface area contributed by atoms with Crippen LogP contribution in [0.4, 0.5) is 0 Å². The van der Waals surface area contributed by atoms with E-state index in [1.165, 1.54) is 0 Å². The molecule has 0 fully saturated rings. The van der Waals surface area contributed by atoms with Crippen molar-refractivity contribution in [3.8, 4) is 17.1 Å². The van der Waals surface area contributed by atoms with Crippen LogP contribution in [-0.4, -0.2) is 43.5 Å². The summed E-state index contributed by atoms with van der Waals surface area (Å²) in [4.78, 5) is 18.7. The second-order valence-electron chi connectivity index (χ2n) is 7.16. The molecule has 1 atom stereocenters. The van der Waals surface area contributed by atoms with Gasteiger partial charge in [0.2, 0.25) is 5.91 Å². The third-order valence-corrected chi connectivity index (χ3v) is 5.18. The summed E-state index contributed by atoms with van der Waals surface area (Å²) in [7, 11) is 5.62. The molecule has 7 heteroatoms. The minimum Gasteiger partial charge on any atom is -0.497 e. The number of oxazole rings is 1. The number of carbonyl (C=O) groups is 1. The predicted octanol–water partition coefficient (Wildman–Crippen LogP) is 4.36. The van der Waals surface area contributed by atoms with E-state index in [9.17, 15) is 4.79 Å². The fraction of sp³-hybridized carbons (Fsp3) is 0.304.